The summed E-state index contributed by atoms with van der Waals surface area (Å²) >= 11 is 0. The summed E-state index contributed by atoms with van der Waals surface area (Å²) in [7, 11) is 1.71. The van der Waals surface area contributed by atoms with Crippen molar-refractivity contribution in [2.45, 2.75) is 6.92 Å². The SMILES string of the molecule is CNCC(=O)n1ncc(N)c1C. The Kier molecular flexibility index (Phi) is 2.44. The van der Waals surface area contributed by atoms with Gasteiger partial charge in [-0.1, -0.05) is 0 Å². The molecule has 0 aliphatic carbocycles. The molecule has 0 radical (unpaired) electrons. The van der Waals surface area contributed by atoms with Crippen LogP contribution >= 0.6 is 0 Å². The number of rotatable bonds is 2. The lowest BCUT2D eigenvalue weighted by molar-refractivity contribution is 0.0897. The van der Waals surface area contributed by atoms with Crippen molar-refractivity contribution in [3.8, 4) is 0 Å². The zero-order chi connectivity index (χ0) is 9.14. The first-order valence-electron chi connectivity index (χ1n) is 3.64. The zero-order valence-electron chi connectivity index (χ0n) is 7.16. The molecule has 0 saturated carbocycles. The first kappa shape index (κ1) is 8.73. The number of hydrogen-bond acceptors (Lipinski definition) is 4. The van der Waals surface area contributed by atoms with Crippen LogP contribution < -0.4 is 11.1 Å². The minimum atomic E-state index is -0.105. The van der Waals surface area contributed by atoms with Crippen molar-refractivity contribution in [3.63, 3.8) is 0 Å². The van der Waals surface area contributed by atoms with Crippen LogP contribution in [-0.2, 0) is 0 Å². The molecule has 0 fully saturated rings. The molecule has 3 N–H and O–H groups in total. The Bertz CT molecular complexity index is 292. The van der Waals surface area contributed by atoms with Gasteiger partial charge in [0, 0.05) is 0 Å². The van der Waals surface area contributed by atoms with Crippen molar-refractivity contribution in [1.82, 2.24) is 15.1 Å². The lowest BCUT2D eigenvalue weighted by Crippen LogP contribution is -2.25. The van der Waals surface area contributed by atoms with Crippen LogP contribution in [0.2, 0.25) is 0 Å². The van der Waals surface area contributed by atoms with E-state index in [1.807, 2.05) is 0 Å². The van der Waals surface area contributed by atoms with E-state index < -0.39 is 0 Å². The Hall–Kier alpha value is -1.36. The molecule has 5 nitrogen and oxygen atoms in total. The molecule has 0 amide bonds. The van der Waals surface area contributed by atoms with Crippen LogP contribution in [0.15, 0.2) is 6.20 Å². The number of likely N-dealkylation sites (N-methyl/N-ethyl adjacent to an activating group) is 1. The van der Waals surface area contributed by atoms with Gasteiger partial charge >= 0.3 is 0 Å². The van der Waals surface area contributed by atoms with Crippen molar-refractivity contribution in [3.05, 3.63) is 11.9 Å². The molecule has 0 bridgehead atoms. The Morgan fingerprint density at radius 2 is 2.50 bits per heavy atom. The van der Waals surface area contributed by atoms with E-state index in [0.717, 1.165) is 0 Å². The standard InChI is InChI=1S/C7H12N4O/c1-5-6(8)3-10-11(5)7(12)4-9-2/h3,9H,4,8H2,1-2H3. The molecule has 0 atom stereocenters. The van der Waals surface area contributed by atoms with Crippen molar-refractivity contribution in [2.75, 3.05) is 19.3 Å². The lowest BCUT2D eigenvalue weighted by atomic mass is 10.4. The van der Waals surface area contributed by atoms with Gasteiger partial charge in [-0.05, 0) is 14.0 Å². The number of carbonyl (C=O) groups excluding carboxylic acids is 1. The summed E-state index contributed by atoms with van der Waals surface area (Å²) in [5.74, 6) is -0.105. The van der Waals surface area contributed by atoms with E-state index in [-0.39, 0.29) is 12.5 Å². The topological polar surface area (TPSA) is 72.9 Å². The van der Waals surface area contributed by atoms with Gasteiger partial charge < -0.3 is 11.1 Å². The van der Waals surface area contributed by atoms with Crippen LogP contribution in [-0.4, -0.2) is 29.3 Å². The summed E-state index contributed by atoms with van der Waals surface area (Å²) in [5, 5.41) is 6.59. The second kappa shape index (κ2) is 3.36. The van der Waals surface area contributed by atoms with Gasteiger partial charge in [-0.15, -0.1) is 0 Å². The van der Waals surface area contributed by atoms with E-state index in [1.54, 1.807) is 14.0 Å². The second-order valence-electron chi connectivity index (χ2n) is 2.52. The highest BCUT2D eigenvalue weighted by molar-refractivity contribution is 5.81. The largest absolute Gasteiger partial charge is 0.396 e. The average molecular weight is 168 g/mol. The maximum absolute atomic E-state index is 11.3. The highest BCUT2D eigenvalue weighted by Crippen LogP contribution is 2.07. The fourth-order valence-electron chi connectivity index (χ4n) is 0.900. The van der Waals surface area contributed by atoms with Crippen LogP contribution in [0.25, 0.3) is 0 Å². The first-order valence-corrected chi connectivity index (χ1v) is 3.64. The quantitative estimate of drug-likeness (QED) is 0.632. The van der Waals surface area contributed by atoms with Gasteiger partial charge in [-0.3, -0.25) is 4.79 Å². The fourth-order valence-corrected chi connectivity index (χ4v) is 0.900. The number of aromatic nitrogens is 2. The van der Waals surface area contributed by atoms with E-state index in [2.05, 4.69) is 10.4 Å². The normalized spacial score (nSPS) is 10.2. The summed E-state index contributed by atoms with van der Waals surface area (Å²) in [5.41, 5.74) is 6.75. The molecule has 5 heteroatoms. The predicted molar refractivity (Wildman–Crippen MR) is 45.9 cm³/mol. The highest BCUT2D eigenvalue weighted by atomic mass is 16.2. The Morgan fingerprint density at radius 3 is 2.92 bits per heavy atom. The number of nitrogens with zero attached hydrogens (tertiary/aromatic N) is 2. The van der Waals surface area contributed by atoms with Gasteiger partial charge in [-0.2, -0.15) is 5.10 Å². The third kappa shape index (κ3) is 1.45. The van der Waals surface area contributed by atoms with Crippen LogP contribution in [0.1, 0.15) is 10.5 Å². The molecule has 0 aliphatic heterocycles. The smallest absolute Gasteiger partial charge is 0.261 e. The van der Waals surface area contributed by atoms with Gasteiger partial charge in [-0.25, -0.2) is 4.68 Å². The molecule has 66 valence electrons. The predicted octanol–water partition coefficient (Wildman–Crippen LogP) is -0.367. The summed E-state index contributed by atoms with van der Waals surface area (Å²) in [4.78, 5) is 11.3. The minimum Gasteiger partial charge on any atom is -0.396 e. The molecule has 1 aromatic heterocycles. The van der Waals surface area contributed by atoms with Crippen LogP contribution in [0, 0.1) is 6.92 Å². The fraction of sp³-hybridized carbons (Fsp3) is 0.429. The number of nitrogens with two attached hydrogens (primary N) is 1. The van der Waals surface area contributed by atoms with Crippen LogP contribution in [0.4, 0.5) is 5.69 Å². The Balaban J connectivity index is 2.88. The van der Waals surface area contributed by atoms with E-state index in [1.165, 1.54) is 10.9 Å². The molecule has 0 saturated heterocycles. The molecule has 0 unspecified atom stereocenters. The third-order valence-electron chi connectivity index (χ3n) is 1.61. The number of hydrogen-bond donors (Lipinski definition) is 2. The second-order valence-corrected chi connectivity index (χ2v) is 2.52. The monoisotopic (exact) mass is 168 g/mol. The van der Waals surface area contributed by atoms with E-state index in [0.29, 0.717) is 11.4 Å². The first-order chi connectivity index (χ1) is 5.66. The number of anilines is 1. The van der Waals surface area contributed by atoms with Crippen molar-refractivity contribution in [1.29, 1.82) is 0 Å². The molecule has 1 rings (SSSR count). The summed E-state index contributed by atoms with van der Waals surface area (Å²) in [6.45, 7) is 2.03. The molecular formula is C7H12N4O. The van der Waals surface area contributed by atoms with E-state index in [9.17, 15) is 4.79 Å². The summed E-state index contributed by atoms with van der Waals surface area (Å²) in [6, 6.07) is 0. The molecule has 0 spiro atoms. The molecule has 12 heavy (non-hydrogen) atoms. The number of nitrogens with one attached hydrogen (secondary N) is 1. The van der Waals surface area contributed by atoms with Crippen LogP contribution in [0.5, 0.6) is 0 Å². The van der Waals surface area contributed by atoms with Gasteiger partial charge in [0.1, 0.15) is 0 Å². The molecule has 1 aromatic rings. The highest BCUT2D eigenvalue weighted by Gasteiger charge is 2.09. The minimum absolute atomic E-state index is 0.105. The van der Waals surface area contributed by atoms with Crippen molar-refractivity contribution >= 4 is 11.6 Å². The maximum Gasteiger partial charge on any atom is 0.261 e. The molecule has 0 aromatic carbocycles. The Morgan fingerprint density at radius 1 is 1.83 bits per heavy atom. The number of nitrogen functional groups attached to an aromatic ring is 1. The van der Waals surface area contributed by atoms with E-state index in [4.69, 9.17) is 5.73 Å². The van der Waals surface area contributed by atoms with Crippen molar-refractivity contribution in [2.24, 2.45) is 0 Å². The third-order valence-corrected chi connectivity index (χ3v) is 1.61. The zero-order valence-corrected chi connectivity index (χ0v) is 7.16. The molecule has 1 heterocycles. The van der Waals surface area contributed by atoms with Crippen molar-refractivity contribution < 1.29 is 4.79 Å². The molecular weight excluding hydrogens is 156 g/mol. The molecule has 0 aliphatic rings. The van der Waals surface area contributed by atoms with E-state index >= 15 is 0 Å². The van der Waals surface area contributed by atoms with Gasteiger partial charge in [0.2, 0.25) is 0 Å². The van der Waals surface area contributed by atoms with Gasteiger partial charge in [0.15, 0.2) is 0 Å². The number of carbonyl (C=O) groups is 1. The summed E-state index contributed by atoms with van der Waals surface area (Å²) in [6.07, 6.45) is 1.48. The lowest BCUT2D eigenvalue weighted by Gasteiger charge is -2.01. The van der Waals surface area contributed by atoms with Gasteiger partial charge in [0.25, 0.3) is 5.91 Å². The maximum atomic E-state index is 11.3. The summed E-state index contributed by atoms with van der Waals surface area (Å²) < 4.78 is 1.30. The average Bonchev–Trinajstić information content (AvgIpc) is 2.34. The Labute approximate surface area is 70.5 Å². The van der Waals surface area contributed by atoms with Gasteiger partial charge in [0.05, 0.1) is 24.1 Å². The van der Waals surface area contributed by atoms with Crippen LogP contribution in [0.3, 0.4) is 0 Å².